The van der Waals surface area contributed by atoms with Gasteiger partial charge in [-0.1, -0.05) is 101 Å². The number of carboxylic acids is 1. The molecule has 0 unspecified atom stereocenters. The first-order valence-electron chi connectivity index (χ1n) is 29.1. The molecule has 81 heavy (non-hydrogen) atoms. The van der Waals surface area contributed by atoms with Gasteiger partial charge in [-0.05, 0) is 83.2 Å². The molecule has 5 heterocycles. The van der Waals surface area contributed by atoms with E-state index in [4.69, 9.17) is 9.90 Å². The molecule has 452 valence electrons. The third kappa shape index (κ3) is 22.0. The maximum Gasteiger partial charge on any atom is 0.490 e. The first kappa shape index (κ1) is 65.8. The summed E-state index contributed by atoms with van der Waals surface area (Å²) in [5.41, 5.74) is 1.45. The fraction of sp³-hybridized carbons (Fsp3) is 0.714. The maximum atomic E-state index is 14.5. The lowest BCUT2D eigenvalue weighted by atomic mass is 10.0. The largest absolute Gasteiger partial charge is 0.490 e. The monoisotopic (exact) mass is 1160 g/mol. The number of hydrogen-bond acceptors (Lipinski definition) is 12. The van der Waals surface area contributed by atoms with Crippen LogP contribution in [0.1, 0.15) is 166 Å². The molecule has 4 aliphatic heterocycles. The third-order valence-electron chi connectivity index (χ3n) is 15.2. The predicted molar refractivity (Wildman–Crippen MR) is 300 cm³/mol. The highest BCUT2D eigenvalue weighted by molar-refractivity contribution is 8.00. The van der Waals surface area contributed by atoms with E-state index in [1.807, 2.05) is 66.8 Å². The number of fused-ring (bicyclic) bond motifs is 2. The number of aliphatic carboxylic acids is 1. The smallest absolute Gasteiger partial charge is 0.475 e. The quantitative estimate of drug-likeness (QED) is 0.0343. The zero-order valence-electron chi connectivity index (χ0n) is 47.5. The minimum atomic E-state index is -5.08. The van der Waals surface area contributed by atoms with Gasteiger partial charge in [-0.15, -0.1) is 5.10 Å². The molecule has 0 aliphatic carbocycles. The van der Waals surface area contributed by atoms with Gasteiger partial charge in [0.15, 0.2) is 0 Å². The predicted octanol–water partition coefficient (Wildman–Crippen LogP) is 5.49. The number of rotatable bonds is 31. The number of nitrogens with one attached hydrogen (secondary N) is 7. The number of urea groups is 1. The maximum absolute atomic E-state index is 14.5. The number of aryl methyl sites for hydroxylation is 1. The van der Waals surface area contributed by atoms with Crippen LogP contribution in [0.15, 0.2) is 36.5 Å². The second-order valence-corrected chi connectivity index (χ2v) is 23.3. The standard InChI is InChI=1S/C54H86N12O7S.C2HF3O2/c1-37(2)33-48(69)64-32-28-40-26-27-44(66(40)53(72)42(34-64)58-51(70)38(3)55-4)52(71)60-49(39-21-13-11-14-22-39)41-35-65(63-62-41)31-20-10-8-6-5-7-9-18-29-56-46(67)24-15-12-19-30-57-47(68)25-17-16-23-45-50-43(36-74-45)59-54(73)61-50;3-2(4,5)1(6)7/h11,13-14,21-22,35,37-38,40,42-45,49-50,55H,5-10,12,15-20,23-34,36H2,1-4H3,(H,56,67)(H,57,68)(H,58,70)(H,60,71)(H2,59,61,73);(H,6,7)/t38-,40+,42-,43-,44-,45-,49-,50-;/m0./s1. The number of nitrogens with zero attached hydrogens (tertiary/aromatic N) is 5. The van der Waals surface area contributed by atoms with Crippen LogP contribution in [0, 0.1) is 5.92 Å². The van der Waals surface area contributed by atoms with Gasteiger partial charge >= 0.3 is 18.2 Å². The molecule has 0 saturated carbocycles. The van der Waals surface area contributed by atoms with Crippen molar-refractivity contribution in [2.45, 2.75) is 209 Å². The van der Waals surface area contributed by atoms with Crippen molar-refractivity contribution >= 4 is 59.2 Å². The Hall–Kier alpha value is -5.98. The summed E-state index contributed by atoms with van der Waals surface area (Å²) in [6.07, 6.45) is 13.9. The highest BCUT2D eigenvalue weighted by Crippen LogP contribution is 2.34. The van der Waals surface area contributed by atoms with E-state index in [0.29, 0.717) is 75.6 Å². The Bertz CT molecular complexity index is 2350. The molecule has 4 aliphatic rings. The number of aromatic nitrogens is 3. The molecule has 1 aromatic heterocycles. The molecule has 8 atom stereocenters. The number of carbonyl (C=O) groups excluding carboxylic acids is 7. The molecule has 0 radical (unpaired) electrons. The average Bonchev–Trinajstić information content (AvgIpc) is 4.25. The van der Waals surface area contributed by atoms with Crippen LogP contribution in [0.5, 0.6) is 0 Å². The van der Waals surface area contributed by atoms with Crippen molar-refractivity contribution in [3.8, 4) is 0 Å². The average molecular weight is 1160 g/mol. The van der Waals surface area contributed by atoms with Crippen molar-refractivity contribution in [2.24, 2.45) is 5.92 Å². The number of carboxylic acid groups (broad SMARTS) is 1. The number of hydrogen-bond donors (Lipinski definition) is 8. The van der Waals surface area contributed by atoms with E-state index in [9.17, 15) is 46.7 Å². The molecular formula is C56H87F3N12O9S. The van der Waals surface area contributed by atoms with Crippen LogP contribution in [0.4, 0.5) is 18.0 Å². The Morgan fingerprint density at radius 2 is 1.43 bits per heavy atom. The zero-order valence-corrected chi connectivity index (χ0v) is 48.4. The molecule has 0 bridgehead atoms. The molecular weight excluding hydrogens is 1070 g/mol. The van der Waals surface area contributed by atoms with E-state index >= 15 is 0 Å². The number of thioether (sulfide) groups is 1. The fourth-order valence-corrected chi connectivity index (χ4v) is 12.1. The van der Waals surface area contributed by atoms with Crippen LogP contribution in [0.2, 0.25) is 0 Å². The summed E-state index contributed by atoms with van der Waals surface area (Å²) >= 11 is 1.91. The van der Waals surface area contributed by atoms with Crippen molar-refractivity contribution in [3.63, 3.8) is 0 Å². The zero-order chi connectivity index (χ0) is 58.9. The van der Waals surface area contributed by atoms with Gasteiger partial charge in [-0.2, -0.15) is 24.9 Å². The van der Waals surface area contributed by atoms with Gasteiger partial charge in [0.1, 0.15) is 17.8 Å². The van der Waals surface area contributed by atoms with Crippen LogP contribution in [0.25, 0.3) is 0 Å². The second kappa shape index (κ2) is 33.8. The number of likely N-dealkylation sites (N-methyl/N-ethyl adjacent to an activating group) is 1. The van der Waals surface area contributed by atoms with Crippen LogP contribution >= 0.6 is 11.8 Å². The topological polar surface area (TPSA) is 278 Å². The highest BCUT2D eigenvalue weighted by atomic mass is 32.2. The molecule has 25 heteroatoms. The minimum absolute atomic E-state index is 0.0453. The van der Waals surface area contributed by atoms with E-state index in [2.05, 4.69) is 47.5 Å². The summed E-state index contributed by atoms with van der Waals surface area (Å²) in [4.78, 5) is 104. The first-order chi connectivity index (χ1) is 38.7. The van der Waals surface area contributed by atoms with Crippen LogP contribution < -0.4 is 37.2 Å². The molecule has 8 amide bonds. The Labute approximate surface area is 478 Å². The van der Waals surface area contributed by atoms with E-state index < -0.39 is 36.3 Å². The Balaban J connectivity index is 0.00000161. The molecule has 0 spiro atoms. The summed E-state index contributed by atoms with van der Waals surface area (Å²) in [6.45, 7) is 8.20. The summed E-state index contributed by atoms with van der Waals surface area (Å²) < 4.78 is 33.6. The molecule has 6 rings (SSSR count). The normalized spacial score (nSPS) is 21.3. The van der Waals surface area contributed by atoms with Crippen LogP contribution in [0.3, 0.4) is 0 Å². The fourth-order valence-electron chi connectivity index (χ4n) is 10.6. The Morgan fingerprint density at radius 1 is 0.815 bits per heavy atom. The Morgan fingerprint density at radius 3 is 2.06 bits per heavy atom. The molecule has 4 fully saturated rings. The highest BCUT2D eigenvalue weighted by Gasteiger charge is 2.47. The lowest BCUT2D eigenvalue weighted by Crippen LogP contribution is -2.62. The van der Waals surface area contributed by atoms with Gasteiger partial charge in [0, 0.05) is 69.0 Å². The number of carbonyl (C=O) groups is 8. The van der Waals surface area contributed by atoms with Crippen molar-refractivity contribution < 1.29 is 56.6 Å². The number of benzene rings is 1. The van der Waals surface area contributed by atoms with Crippen molar-refractivity contribution in [3.05, 3.63) is 47.8 Å². The summed E-state index contributed by atoms with van der Waals surface area (Å²) in [5, 5.41) is 37.6. The Kier molecular flexibility index (Phi) is 27.5. The van der Waals surface area contributed by atoms with E-state index in [-0.39, 0.29) is 72.1 Å². The molecule has 8 N–H and O–H groups in total. The van der Waals surface area contributed by atoms with Gasteiger partial charge in [-0.3, -0.25) is 33.4 Å². The van der Waals surface area contributed by atoms with Crippen LogP contribution in [-0.4, -0.2) is 164 Å². The SMILES string of the molecule is CN[C@@H](C)C(=O)N[C@H]1CN(C(=O)CC(C)C)CC[C@H]2CC[C@@H](C(=O)N[C@@H](c3ccccc3)c3cn(CCCCCCCCCCNC(=O)CCCCCNC(=O)CCCC[C@@H]4SC[C@@H]5NC(=O)N[C@@H]54)nn3)N2C1=O.O=C(O)C(F)(F)F. The van der Waals surface area contributed by atoms with Gasteiger partial charge in [0.05, 0.1) is 30.4 Å². The van der Waals surface area contributed by atoms with Crippen molar-refractivity contribution in [2.75, 3.05) is 39.0 Å². The number of halogens is 3. The summed E-state index contributed by atoms with van der Waals surface area (Å²) in [6, 6.07) is 6.87. The summed E-state index contributed by atoms with van der Waals surface area (Å²) in [5.74, 6) is -2.52. The molecule has 4 saturated heterocycles. The molecule has 21 nitrogen and oxygen atoms in total. The van der Waals surface area contributed by atoms with Gasteiger partial charge in [0.2, 0.25) is 35.4 Å². The van der Waals surface area contributed by atoms with Crippen LogP contribution in [-0.2, 0) is 40.1 Å². The van der Waals surface area contributed by atoms with Gasteiger partial charge < -0.3 is 52.1 Å². The number of unbranched alkanes of at least 4 members (excludes halogenated alkanes) is 10. The number of alkyl halides is 3. The molecule has 2 aromatic rings. The van der Waals surface area contributed by atoms with E-state index in [1.54, 1.807) is 23.8 Å². The molecule has 1 aromatic carbocycles. The van der Waals surface area contributed by atoms with E-state index in [0.717, 1.165) is 101 Å². The van der Waals surface area contributed by atoms with Crippen molar-refractivity contribution in [1.29, 1.82) is 0 Å². The van der Waals surface area contributed by atoms with Crippen molar-refractivity contribution in [1.82, 2.24) is 62.0 Å². The first-order valence-corrected chi connectivity index (χ1v) is 30.2. The van der Waals surface area contributed by atoms with Gasteiger partial charge in [0.25, 0.3) is 0 Å². The third-order valence-corrected chi connectivity index (χ3v) is 16.7. The lowest BCUT2D eigenvalue weighted by molar-refractivity contribution is -0.192. The minimum Gasteiger partial charge on any atom is -0.475 e. The van der Waals surface area contributed by atoms with E-state index in [1.165, 1.54) is 0 Å². The second-order valence-electron chi connectivity index (χ2n) is 22.1. The summed E-state index contributed by atoms with van der Waals surface area (Å²) in [7, 11) is 1.67. The lowest BCUT2D eigenvalue weighted by Gasteiger charge is -2.39. The van der Waals surface area contributed by atoms with Gasteiger partial charge in [-0.25, -0.2) is 9.59 Å². The number of amides is 8.